The van der Waals surface area contributed by atoms with Crippen molar-refractivity contribution in [1.82, 2.24) is 0 Å². The number of hydrogen-bond donors (Lipinski definition) is 3. The first-order valence-electron chi connectivity index (χ1n) is 5.33. The van der Waals surface area contributed by atoms with Crippen molar-refractivity contribution in [2.24, 2.45) is 0 Å². The average Bonchev–Trinajstić information content (AvgIpc) is 2.35. The van der Waals surface area contributed by atoms with E-state index in [1.165, 1.54) is 18.2 Å². The Morgan fingerprint density at radius 3 is 2.50 bits per heavy atom. The molecule has 0 aliphatic heterocycles. The summed E-state index contributed by atoms with van der Waals surface area (Å²) in [5, 5.41) is 5.09. The van der Waals surface area contributed by atoms with Crippen LogP contribution in [0.5, 0.6) is 0 Å². The van der Waals surface area contributed by atoms with Gasteiger partial charge < -0.3 is 16.4 Å². The third kappa shape index (κ3) is 2.98. The van der Waals surface area contributed by atoms with E-state index in [2.05, 4.69) is 10.6 Å². The molecule has 92 valence electrons. The van der Waals surface area contributed by atoms with Gasteiger partial charge in [-0.25, -0.2) is 9.18 Å². The van der Waals surface area contributed by atoms with Crippen LogP contribution < -0.4 is 16.4 Å². The lowest BCUT2D eigenvalue weighted by atomic mass is 10.2. The molecular weight excluding hydrogens is 233 g/mol. The molecule has 0 saturated carbocycles. The Balaban J connectivity index is 2.05. The zero-order chi connectivity index (χ0) is 13.0. The number of nitrogens with two attached hydrogens (primary N) is 1. The van der Waals surface area contributed by atoms with E-state index in [9.17, 15) is 9.18 Å². The average molecular weight is 245 g/mol. The molecule has 2 aromatic rings. The van der Waals surface area contributed by atoms with Gasteiger partial charge in [0.25, 0.3) is 0 Å². The van der Waals surface area contributed by atoms with Gasteiger partial charge >= 0.3 is 6.03 Å². The molecule has 0 aliphatic rings. The van der Waals surface area contributed by atoms with E-state index < -0.39 is 11.8 Å². The van der Waals surface area contributed by atoms with Gasteiger partial charge in [-0.15, -0.1) is 0 Å². The van der Waals surface area contributed by atoms with E-state index in [1.807, 2.05) is 6.07 Å². The standard InChI is InChI=1S/C13H12FN3O/c14-9-6-7-11(15)12(8-9)17-13(18)16-10-4-2-1-3-5-10/h1-8H,15H2,(H2,16,17,18). The fourth-order valence-electron chi connectivity index (χ4n) is 1.44. The molecule has 2 amide bonds. The lowest BCUT2D eigenvalue weighted by molar-refractivity contribution is 0.262. The minimum Gasteiger partial charge on any atom is -0.397 e. The van der Waals surface area contributed by atoms with Crippen molar-refractivity contribution in [1.29, 1.82) is 0 Å². The Bertz CT molecular complexity index is 557. The number of nitrogen functional groups attached to an aromatic ring is 1. The molecule has 0 atom stereocenters. The maximum Gasteiger partial charge on any atom is 0.323 e. The summed E-state index contributed by atoms with van der Waals surface area (Å²) >= 11 is 0. The molecular formula is C13H12FN3O. The van der Waals surface area contributed by atoms with E-state index >= 15 is 0 Å². The van der Waals surface area contributed by atoms with Crippen molar-refractivity contribution in [2.75, 3.05) is 16.4 Å². The number of carbonyl (C=O) groups is 1. The maximum absolute atomic E-state index is 13.0. The van der Waals surface area contributed by atoms with Gasteiger partial charge in [-0.3, -0.25) is 0 Å². The van der Waals surface area contributed by atoms with E-state index in [1.54, 1.807) is 24.3 Å². The second-order valence-corrected chi connectivity index (χ2v) is 3.68. The van der Waals surface area contributed by atoms with Crippen LogP contribution in [-0.2, 0) is 0 Å². The molecule has 0 spiro atoms. The lowest BCUT2D eigenvalue weighted by Crippen LogP contribution is -2.20. The Morgan fingerprint density at radius 1 is 1.06 bits per heavy atom. The van der Waals surface area contributed by atoms with Crippen LogP contribution in [0.2, 0.25) is 0 Å². The minimum atomic E-state index is -0.474. The number of rotatable bonds is 2. The third-order valence-electron chi connectivity index (χ3n) is 2.30. The van der Waals surface area contributed by atoms with Gasteiger partial charge in [0.1, 0.15) is 5.82 Å². The number of para-hydroxylation sites is 1. The van der Waals surface area contributed by atoms with E-state index in [0.29, 0.717) is 11.4 Å². The SMILES string of the molecule is Nc1ccc(F)cc1NC(=O)Nc1ccccc1. The molecule has 4 nitrogen and oxygen atoms in total. The van der Waals surface area contributed by atoms with E-state index in [4.69, 9.17) is 5.73 Å². The van der Waals surface area contributed by atoms with Gasteiger partial charge in [0.05, 0.1) is 11.4 Å². The summed E-state index contributed by atoms with van der Waals surface area (Å²) < 4.78 is 13.0. The molecule has 0 radical (unpaired) electrons. The Morgan fingerprint density at radius 2 is 1.78 bits per heavy atom. The van der Waals surface area contributed by atoms with Crippen molar-refractivity contribution >= 4 is 23.1 Å². The molecule has 5 heteroatoms. The Labute approximate surface area is 104 Å². The molecule has 0 unspecified atom stereocenters. The molecule has 0 aromatic heterocycles. The molecule has 2 aromatic carbocycles. The number of hydrogen-bond acceptors (Lipinski definition) is 2. The van der Waals surface area contributed by atoms with Crippen molar-refractivity contribution in [3.05, 3.63) is 54.3 Å². The topological polar surface area (TPSA) is 67.1 Å². The van der Waals surface area contributed by atoms with Crippen molar-refractivity contribution in [3.63, 3.8) is 0 Å². The van der Waals surface area contributed by atoms with E-state index in [-0.39, 0.29) is 5.69 Å². The lowest BCUT2D eigenvalue weighted by Gasteiger charge is -2.09. The van der Waals surface area contributed by atoms with Crippen molar-refractivity contribution < 1.29 is 9.18 Å². The molecule has 2 rings (SSSR count). The van der Waals surface area contributed by atoms with Crippen LogP contribution in [0.3, 0.4) is 0 Å². The summed E-state index contributed by atoms with van der Waals surface area (Å²) in [6.45, 7) is 0. The summed E-state index contributed by atoms with van der Waals surface area (Å²) in [6, 6.07) is 12.2. The van der Waals surface area contributed by atoms with Crippen LogP contribution >= 0.6 is 0 Å². The predicted octanol–water partition coefficient (Wildman–Crippen LogP) is 3.05. The maximum atomic E-state index is 13.0. The summed E-state index contributed by atoms with van der Waals surface area (Å²) in [5.74, 6) is -0.459. The number of nitrogens with one attached hydrogen (secondary N) is 2. The molecule has 0 aliphatic carbocycles. The molecule has 0 fully saturated rings. The molecule has 0 heterocycles. The highest BCUT2D eigenvalue weighted by Crippen LogP contribution is 2.19. The summed E-state index contributed by atoms with van der Waals surface area (Å²) in [6.07, 6.45) is 0. The van der Waals surface area contributed by atoms with Gasteiger partial charge in [0.15, 0.2) is 0 Å². The second-order valence-electron chi connectivity index (χ2n) is 3.68. The number of benzene rings is 2. The van der Waals surface area contributed by atoms with Gasteiger partial charge in [0.2, 0.25) is 0 Å². The van der Waals surface area contributed by atoms with Gasteiger partial charge in [-0.05, 0) is 30.3 Å². The number of amides is 2. The van der Waals surface area contributed by atoms with Crippen LogP contribution in [0.15, 0.2) is 48.5 Å². The highest BCUT2D eigenvalue weighted by molar-refractivity contribution is 6.01. The monoisotopic (exact) mass is 245 g/mol. The first-order chi connectivity index (χ1) is 8.65. The molecule has 0 bridgehead atoms. The fourth-order valence-corrected chi connectivity index (χ4v) is 1.44. The minimum absolute atomic E-state index is 0.239. The fraction of sp³-hybridized carbons (Fsp3) is 0. The summed E-state index contributed by atoms with van der Waals surface area (Å²) in [7, 11) is 0. The summed E-state index contributed by atoms with van der Waals surface area (Å²) in [5.41, 5.74) is 6.81. The van der Waals surface area contributed by atoms with Crippen LogP contribution in [0.4, 0.5) is 26.2 Å². The van der Waals surface area contributed by atoms with Gasteiger partial charge in [-0.1, -0.05) is 18.2 Å². The second kappa shape index (κ2) is 5.18. The van der Waals surface area contributed by atoms with Gasteiger partial charge in [0, 0.05) is 5.69 Å². The zero-order valence-electron chi connectivity index (χ0n) is 9.48. The van der Waals surface area contributed by atoms with Crippen LogP contribution in [0.25, 0.3) is 0 Å². The molecule has 4 N–H and O–H groups in total. The van der Waals surface area contributed by atoms with Gasteiger partial charge in [-0.2, -0.15) is 0 Å². The van der Waals surface area contributed by atoms with Crippen LogP contribution in [0, 0.1) is 5.82 Å². The highest BCUT2D eigenvalue weighted by Gasteiger charge is 2.06. The number of halogens is 1. The highest BCUT2D eigenvalue weighted by atomic mass is 19.1. The normalized spacial score (nSPS) is 9.83. The van der Waals surface area contributed by atoms with E-state index in [0.717, 1.165) is 0 Å². The quantitative estimate of drug-likeness (QED) is 0.712. The zero-order valence-corrected chi connectivity index (χ0v) is 9.48. The molecule has 0 saturated heterocycles. The van der Waals surface area contributed by atoms with Crippen LogP contribution in [0.1, 0.15) is 0 Å². The molecule has 18 heavy (non-hydrogen) atoms. The predicted molar refractivity (Wildman–Crippen MR) is 69.9 cm³/mol. The first kappa shape index (κ1) is 11.9. The largest absolute Gasteiger partial charge is 0.397 e. The smallest absolute Gasteiger partial charge is 0.323 e. The Hall–Kier alpha value is -2.56. The van der Waals surface area contributed by atoms with Crippen molar-refractivity contribution in [2.45, 2.75) is 0 Å². The third-order valence-corrected chi connectivity index (χ3v) is 2.30. The van der Waals surface area contributed by atoms with Crippen molar-refractivity contribution in [3.8, 4) is 0 Å². The van der Waals surface area contributed by atoms with Crippen LogP contribution in [-0.4, -0.2) is 6.03 Å². The summed E-state index contributed by atoms with van der Waals surface area (Å²) in [4.78, 5) is 11.6. The number of anilines is 3. The number of urea groups is 1. The number of carbonyl (C=O) groups excluding carboxylic acids is 1. The Kier molecular flexibility index (Phi) is 3.43. The first-order valence-corrected chi connectivity index (χ1v) is 5.33.